The van der Waals surface area contributed by atoms with Crippen molar-refractivity contribution >= 4 is 23.1 Å². The Morgan fingerprint density at radius 3 is 2.50 bits per heavy atom. The smallest absolute Gasteiger partial charge is 0.264 e. The number of carbonyl (C=O) groups excluding carboxylic acids is 1. The second-order valence-corrected chi connectivity index (χ2v) is 8.49. The number of thiophene rings is 1. The lowest BCUT2D eigenvalue weighted by atomic mass is 10.2. The number of nitrogens with zero attached hydrogens (tertiary/aromatic N) is 5. The minimum absolute atomic E-state index is 0.124. The largest absolute Gasteiger partial charge is 0.353 e. The Morgan fingerprint density at radius 2 is 1.93 bits per heavy atom. The van der Waals surface area contributed by atoms with Gasteiger partial charge in [-0.2, -0.15) is 4.98 Å². The van der Waals surface area contributed by atoms with E-state index in [0.717, 1.165) is 34.2 Å². The molecule has 0 radical (unpaired) electrons. The highest BCUT2D eigenvalue weighted by Crippen LogP contribution is 2.22. The van der Waals surface area contributed by atoms with Crippen LogP contribution in [0.15, 0.2) is 35.0 Å². The monoisotopic (exact) mass is 397 g/mol. The van der Waals surface area contributed by atoms with E-state index in [2.05, 4.69) is 20.0 Å². The highest BCUT2D eigenvalue weighted by atomic mass is 32.1. The molecule has 0 aliphatic carbocycles. The summed E-state index contributed by atoms with van der Waals surface area (Å²) in [6.07, 6.45) is 1.77. The highest BCUT2D eigenvalue weighted by Gasteiger charge is 2.24. The molecule has 146 valence electrons. The van der Waals surface area contributed by atoms with Gasteiger partial charge in [0.05, 0.1) is 4.88 Å². The molecule has 7 nitrogen and oxygen atoms in total. The van der Waals surface area contributed by atoms with Crippen molar-refractivity contribution in [3.63, 3.8) is 0 Å². The van der Waals surface area contributed by atoms with Crippen LogP contribution in [-0.4, -0.2) is 52.1 Å². The van der Waals surface area contributed by atoms with Crippen molar-refractivity contribution < 1.29 is 9.32 Å². The van der Waals surface area contributed by atoms with Gasteiger partial charge in [0.1, 0.15) is 5.82 Å². The van der Waals surface area contributed by atoms with Gasteiger partial charge in [0.25, 0.3) is 5.91 Å². The molecule has 0 atom stereocenters. The third kappa shape index (κ3) is 3.77. The van der Waals surface area contributed by atoms with E-state index in [0.29, 0.717) is 24.8 Å². The SMILES string of the molecule is Cc1ccc(C(=O)N2CCN(c3ccc(-c4noc(C(C)C)n4)cn3)CC2)s1. The molecule has 8 heteroatoms. The van der Waals surface area contributed by atoms with Crippen LogP contribution in [0.3, 0.4) is 0 Å². The number of aromatic nitrogens is 3. The summed E-state index contributed by atoms with van der Waals surface area (Å²) in [5.74, 6) is 2.41. The first kappa shape index (κ1) is 18.6. The summed E-state index contributed by atoms with van der Waals surface area (Å²) < 4.78 is 5.26. The van der Waals surface area contributed by atoms with E-state index in [1.54, 1.807) is 17.5 Å². The fraction of sp³-hybridized carbons (Fsp3) is 0.400. The molecule has 0 bridgehead atoms. The molecule has 0 N–H and O–H groups in total. The minimum Gasteiger partial charge on any atom is -0.353 e. The summed E-state index contributed by atoms with van der Waals surface area (Å²) >= 11 is 1.55. The van der Waals surface area contributed by atoms with Crippen LogP contribution >= 0.6 is 11.3 Å². The molecule has 1 amide bonds. The molecule has 1 aliphatic heterocycles. The number of hydrogen-bond donors (Lipinski definition) is 0. The zero-order valence-corrected chi connectivity index (χ0v) is 17.1. The number of aryl methyl sites for hydroxylation is 1. The van der Waals surface area contributed by atoms with Gasteiger partial charge in [-0.05, 0) is 31.2 Å². The number of anilines is 1. The predicted octanol–water partition coefficient (Wildman–Crippen LogP) is 3.59. The molecule has 4 rings (SSSR count). The maximum absolute atomic E-state index is 12.6. The summed E-state index contributed by atoms with van der Waals surface area (Å²) in [7, 11) is 0. The average molecular weight is 398 g/mol. The van der Waals surface area contributed by atoms with E-state index in [-0.39, 0.29) is 11.8 Å². The molecular formula is C20H23N5O2S. The first-order valence-electron chi connectivity index (χ1n) is 9.42. The van der Waals surface area contributed by atoms with Crippen LogP contribution in [0.4, 0.5) is 5.82 Å². The molecule has 3 aromatic rings. The van der Waals surface area contributed by atoms with Crippen molar-refractivity contribution in [2.45, 2.75) is 26.7 Å². The Hall–Kier alpha value is -2.74. The van der Waals surface area contributed by atoms with E-state index >= 15 is 0 Å². The van der Waals surface area contributed by atoms with Gasteiger partial charge < -0.3 is 14.3 Å². The summed E-state index contributed by atoms with van der Waals surface area (Å²) in [5.41, 5.74) is 0.835. The first-order valence-corrected chi connectivity index (χ1v) is 10.2. The van der Waals surface area contributed by atoms with Gasteiger partial charge in [-0.25, -0.2) is 4.98 Å². The molecule has 0 unspecified atom stereocenters. The quantitative estimate of drug-likeness (QED) is 0.670. The minimum atomic E-state index is 0.124. The van der Waals surface area contributed by atoms with Crippen molar-refractivity contribution in [3.8, 4) is 11.4 Å². The second-order valence-electron chi connectivity index (χ2n) is 7.21. The van der Waals surface area contributed by atoms with Crippen LogP contribution in [-0.2, 0) is 0 Å². The standard InChI is InChI=1S/C20H23N5O2S/c1-13(2)19-22-18(23-27-19)15-5-7-17(21-12-15)24-8-10-25(11-9-24)20(26)16-6-4-14(3)28-16/h4-7,12-13H,8-11H2,1-3H3. The Kier molecular flexibility index (Phi) is 5.13. The van der Waals surface area contributed by atoms with Crippen LogP contribution in [0.1, 0.15) is 40.2 Å². The molecule has 0 aromatic carbocycles. The highest BCUT2D eigenvalue weighted by molar-refractivity contribution is 7.13. The number of hydrogen-bond acceptors (Lipinski definition) is 7. The van der Waals surface area contributed by atoms with Crippen molar-refractivity contribution in [1.29, 1.82) is 0 Å². The lowest BCUT2D eigenvalue weighted by molar-refractivity contribution is 0.0751. The third-order valence-electron chi connectivity index (χ3n) is 4.78. The molecule has 0 saturated carbocycles. The zero-order valence-electron chi connectivity index (χ0n) is 16.3. The lowest BCUT2D eigenvalue weighted by Crippen LogP contribution is -2.48. The van der Waals surface area contributed by atoms with Crippen LogP contribution in [0.2, 0.25) is 0 Å². The molecular weight excluding hydrogens is 374 g/mol. The lowest BCUT2D eigenvalue weighted by Gasteiger charge is -2.35. The number of piperazine rings is 1. The Morgan fingerprint density at radius 1 is 1.14 bits per heavy atom. The topological polar surface area (TPSA) is 75.4 Å². The molecule has 1 fully saturated rings. The number of rotatable bonds is 4. The summed E-state index contributed by atoms with van der Waals surface area (Å²) in [6, 6.07) is 7.84. The fourth-order valence-electron chi connectivity index (χ4n) is 3.14. The molecule has 28 heavy (non-hydrogen) atoms. The van der Waals surface area contributed by atoms with Crippen LogP contribution in [0, 0.1) is 6.92 Å². The van der Waals surface area contributed by atoms with E-state index in [1.807, 2.05) is 49.9 Å². The zero-order chi connectivity index (χ0) is 19.7. The van der Waals surface area contributed by atoms with Gasteiger partial charge in [-0.15, -0.1) is 11.3 Å². The van der Waals surface area contributed by atoms with Crippen molar-refractivity contribution in [2.75, 3.05) is 31.1 Å². The number of carbonyl (C=O) groups is 1. The molecule has 3 aromatic heterocycles. The van der Waals surface area contributed by atoms with Gasteiger partial charge in [0, 0.05) is 48.7 Å². The van der Waals surface area contributed by atoms with Crippen LogP contribution < -0.4 is 4.90 Å². The summed E-state index contributed by atoms with van der Waals surface area (Å²) in [5, 5.41) is 4.03. The Balaban J connectivity index is 1.38. The normalized spacial score (nSPS) is 14.7. The molecule has 1 aliphatic rings. The van der Waals surface area contributed by atoms with E-state index < -0.39 is 0 Å². The second kappa shape index (κ2) is 7.71. The predicted molar refractivity (Wildman–Crippen MR) is 109 cm³/mol. The van der Waals surface area contributed by atoms with Gasteiger partial charge in [-0.3, -0.25) is 4.79 Å². The van der Waals surface area contributed by atoms with E-state index in [1.165, 1.54) is 0 Å². The van der Waals surface area contributed by atoms with Gasteiger partial charge in [0.2, 0.25) is 11.7 Å². The number of amides is 1. The van der Waals surface area contributed by atoms with Gasteiger partial charge in [0.15, 0.2) is 0 Å². The maximum Gasteiger partial charge on any atom is 0.264 e. The van der Waals surface area contributed by atoms with E-state index in [4.69, 9.17) is 4.52 Å². The van der Waals surface area contributed by atoms with Crippen molar-refractivity contribution in [1.82, 2.24) is 20.0 Å². The molecule has 1 saturated heterocycles. The third-order valence-corrected chi connectivity index (χ3v) is 5.77. The summed E-state index contributed by atoms with van der Waals surface area (Å²) in [6.45, 7) is 8.98. The van der Waals surface area contributed by atoms with Gasteiger partial charge in [-0.1, -0.05) is 19.0 Å². The Labute approximate surface area is 168 Å². The van der Waals surface area contributed by atoms with Gasteiger partial charge >= 0.3 is 0 Å². The first-order chi connectivity index (χ1) is 13.5. The van der Waals surface area contributed by atoms with Crippen LogP contribution in [0.5, 0.6) is 0 Å². The van der Waals surface area contributed by atoms with Crippen molar-refractivity contribution in [3.05, 3.63) is 46.1 Å². The average Bonchev–Trinajstić information content (AvgIpc) is 3.37. The van der Waals surface area contributed by atoms with Crippen molar-refractivity contribution in [2.24, 2.45) is 0 Å². The van der Waals surface area contributed by atoms with E-state index in [9.17, 15) is 4.79 Å². The van der Waals surface area contributed by atoms with Crippen LogP contribution in [0.25, 0.3) is 11.4 Å². The summed E-state index contributed by atoms with van der Waals surface area (Å²) in [4.78, 5) is 27.7. The fourth-order valence-corrected chi connectivity index (χ4v) is 3.97. The molecule has 4 heterocycles. The molecule has 0 spiro atoms. The Bertz CT molecular complexity index is 955. The number of pyridine rings is 1. The maximum atomic E-state index is 12.6.